The Kier molecular flexibility index (Phi) is 6.28. The summed E-state index contributed by atoms with van der Waals surface area (Å²) in [7, 11) is 0. The maximum Gasteiger partial charge on any atom is 0.0594 e. The van der Waals surface area contributed by atoms with Gasteiger partial charge in [0.15, 0.2) is 0 Å². The Morgan fingerprint density at radius 3 is 2.06 bits per heavy atom. The van der Waals surface area contributed by atoms with Crippen LogP contribution in [0.5, 0.6) is 0 Å². The zero-order chi connectivity index (χ0) is 23.7. The Morgan fingerprint density at radius 1 is 0.844 bits per heavy atom. The molecule has 0 aromatic heterocycles. The van der Waals surface area contributed by atoms with Gasteiger partial charge >= 0.3 is 0 Å². The highest BCUT2D eigenvalue weighted by Crippen LogP contribution is 2.74. The molecule has 0 aromatic carbocycles. The molecule has 0 aliphatic heterocycles. The first-order valence-corrected chi connectivity index (χ1v) is 13.8. The number of hydrogen-bond donors (Lipinski definition) is 2. The van der Waals surface area contributed by atoms with Crippen molar-refractivity contribution < 1.29 is 10.2 Å². The van der Waals surface area contributed by atoms with Crippen molar-refractivity contribution in [3.63, 3.8) is 0 Å². The van der Waals surface area contributed by atoms with Gasteiger partial charge < -0.3 is 10.2 Å². The van der Waals surface area contributed by atoms with E-state index >= 15 is 0 Å². The summed E-state index contributed by atoms with van der Waals surface area (Å²) < 4.78 is 0. The molecule has 184 valence electrons. The maximum absolute atomic E-state index is 11.4. The third-order valence-electron chi connectivity index (χ3n) is 12.1. The fourth-order valence-corrected chi connectivity index (χ4v) is 10.6. The van der Waals surface area contributed by atoms with Crippen LogP contribution in [-0.2, 0) is 0 Å². The molecule has 2 N–H and O–H groups in total. The molecule has 2 heteroatoms. The minimum Gasteiger partial charge on any atom is -0.393 e. The van der Waals surface area contributed by atoms with Crippen molar-refractivity contribution in [2.24, 2.45) is 51.2 Å². The van der Waals surface area contributed by atoms with Crippen LogP contribution in [0, 0.1) is 51.2 Å². The van der Waals surface area contributed by atoms with Crippen LogP contribution in [0.25, 0.3) is 0 Å². The fraction of sp³-hybridized carbons (Fsp3) is 0.933. The van der Waals surface area contributed by atoms with E-state index in [1.54, 1.807) is 0 Å². The summed E-state index contributed by atoms with van der Waals surface area (Å²) in [5.74, 6) is 2.99. The minimum atomic E-state index is -0.155. The number of fused-ring (bicyclic) bond motifs is 5. The number of aliphatic hydroxyl groups is 2. The molecular formula is C30H52O2. The first kappa shape index (κ1) is 24.8. The minimum absolute atomic E-state index is 0.0201. The van der Waals surface area contributed by atoms with Crippen molar-refractivity contribution in [3.05, 3.63) is 11.6 Å². The van der Waals surface area contributed by atoms with Crippen molar-refractivity contribution in [1.82, 2.24) is 0 Å². The van der Waals surface area contributed by atoms with Crippen molar-refractivity contribution in [2.75, 3.05) is 0 Å². The molecule has 4 rings (SSSR count). The molecule has 4 saturated carbocycles. The number of hydrogen-bond acceptors (Lipinski definition) is 2. The molecule has 0 aromatic rings. The van der Waals surface area contributed by atoms with Crippen LogP contribution in [0.15, 0.2) is 11.6 Å². The van der Waals surface area contributed by atoms with Crippen molar-refractivity contribution in [1.29, 1.82) is 0 Å². The van der Waals surface area contributed by atoms with Gasteiger partial charge in [0.1, 0.15) is 0 Å². The van der Waals surface area contributed by atoms with E-state index in [1.807, 2.05) is 0 Å². The van der Waals surface area contributed by atoms with Gasteiger partial charge in [-0.05, 0) is 123 Å². The normalized spacial score (nSPS) is 50.7. The average Bonchev–Trinajstić information content (AvgIpc) is 2.96. The zero-order valence-electron chi connectivity index (χ0n) is 22.4. The number of allylic oxidation sites excluding steroid dienone is 2. The monoisotopic (exact) mass is 444 g/mol. The molecule has 4 aliphatic carbocycles. The molecule has 4 fully saturated rings. The molecule has 0 amide bonds. The summed E-state index contributed by atoms with van der Waals surface area (Å²) in [4.78, 5) is 0. The average molecular weight is 445 g/mol. The second kappa shape index (κ2) is 8.11. The van der Waals surface area contributed by atoms with E-state index in [-0.39, 0.29) is 23.0 Å². The van der Waals surface area contributed by atoms with Crippen LogP contribution in [0.3, 0.4) is 0 Å². The van der Waals surface area contributed by atoms with Crippen molar-refractivity contribution in [3.8, 4) is 0 Å². The van der Waals surface area contributed by atoms with Crippen molar-refractivity contribution >= 4 is 0 Å². The molecule has 2 nitrogen and oxygen atoms in total. The molecule has 32 heavy (non-hydrogen) atoms. The molecule has 4 aliphatic rings. The highest BCUT2D eigenvalue weighted by molar-refractivity contribution is 5.17. The summed E-state index contributed by atoms with van der Waals surface area (Å²) >= 11 is 0. The first-order valence-electron chi connectivity index (χ1n) is 13.8. The quantitative estimate of drug-likeness (QED) is 0.444. The van der Waals surface area contributed by atoms with E-state index in [0.717, 1.165) is 25.2 Å². The predicted octanol–water partition coefficient (Wildman–Crippen LogP) is 7.39. The molecule has 0 radical (unpaired) electrons. The zero-order valence-corrected chi connectivity index (χ0v) is 22.4. The lowest BCUT2D eigenvalue weighted by Crippen LogP contribution is -2.62. The lowest BCUT2D eigenvalue weighted by atomic mass is 9.36. The largest absolute Gasteiger partial charge is 0.393 e. The Labute approximate surface area is 198 Å². The van der Waals surface area contributed by atoms with Gasteiger partial charge in [0, 0.05) is 0 Å². The third kappa shape index (κ3) is 3.48. The first-order chi connectivity index (χ1) is 14.8. The lowest BCUT2D eigenvalue weighted by Gasteiger charge is -2.68. The Hall–Kier alpha value is -0.340. The van der Waals surface area contributed by atoms with E-state index in [0.29, 0.717) is 34.5 Å². The summed E-state index contributed by atoms with van der Waals surface area (Å²) in [6.45, 7) is 19.2. The number of aliphatic hydroxyl groups excluding tert-OH is 2. The van der Waals surface area contributed by atoms with E-state index in [9.17, 15) is 10.2 Å². The maximum atomic E-state index is 11.4. The summed E-state index contributed by atoms with van der Waals surface area (Å²) in [6, 6.07) is 0. The molecule has 0 spiro atoms. The molecule has 0 heterocycles. The van der Waals surface area contributed by atoms with Gasteiger partial charge in [0.2, 0.25) is 0 Å². The summed E-state index contributed by atoms with van der Waals surface area (Å²) in [5, 5.41) is 22.3. The van der Waals surface area contributed by atoms with Gasteiger partial charge in [-0.3, -0.25) is 0 Å². The molecule has 0 saturated heterocycles. The smallest absolute Gasteiger partial charge is 0.0594 e. The van der Waals surface area contributed by atoms with Gasteiger partial charge in [-0.25, -0.2) is 0 Å². The molecule has 0 unspecified atom stereocenters. The molecule has 0 bridgehead atoms. The van der Waals surface area contributed by atoms with Crippen LogP contribution < -0.4 is 0 Å². The van der Waals surface area contributed by atoms with Gasteiger partial charge in [0.05, 0.1) is 12.2 Å². The topological polar surface area (TPSA) is 40.5 Å². The highest BCUT2D eigenvalue weighted by atomic mass is 16.3. The standard InChI is InChI=1S/C30H52O2/c1-19(2)10-9-11-20(3)26-21(31)18-24-29(7)15-12-22-27(4,5)25(32)14-17-28(22,6)23(29)13-16-30(24,26)8/h10,20-26,31-32H,9,11-18H2,1-8H3/t20-,21-,22-,23+,24-,25+,26+,28+,29-,30-/m1/s1. The fourth-order valence-electron chi connectivity index (χ4n) is 10.6. The Bertz CT molecular complexity index is 735. The predicted molar refractivity (Wildman–Crippen MR) is 134 cm³/mol. The van der Waals surface area contributed by atoms with Crippen LogP contribution in [0.2, 0.25) is 0 Å². The third-order valence-corrected chi connectivity index (χ3v) is 12.1. The second-order valence-corrected chi connectivity index (χ2v) is 14.3. The summed E-state index contributed by atoms with van der Waals surface area (Å²) in [6.07, 6.45) is 12.7. The van der Waals surface area contributed by atoms with Gasteiger partial charge in [-0.15, -0.1) is 0 Å². The van der Waals surface area contributed by atoms with E-state index < -0.39 is 0 Å². The Balaban J connectivity index is 1.61. The van der Waals surface area contributed by atoms with Crippen LogP contribution >= 0.6 is 0 Å². The number of rotatable bonds is 4. The second-order valence-electron chi connectivity index (χ2n) is 14.3. The van der Waals surface area contributed by atoms with E-state index in [1.165, 1.54) is 44.1 Å². The summed E-state index contributed by atoms with van der Waals surface area (Å²) in [5.41, 5.74) is 2.35. The highest BCUT2D eigenvalue weighted by Gasteiger charge is 2.68. The molecular weight excluding hydrogens is 392 g/mol. The van der Waals surface area contributed by atoms with Crippen LogP contribution in [0.1, 0.15) is 113 Å². The Morgan fingerprint density at radius 2 is 1.41 bits per heavy atom. The lowest BCUT2D eigenvalue weighted by molar-refractivity contribution is -0.211. The van der Waals surface area contributed by atoms with Gasteiger partial charge in [0.25, 0.3) is 0 Å². The van der Waals surface area contributed by atoms with Crippen LogP contribution in [-0.4, -0.2) is 22.4 Å². The van der Waals surface area contributed by atoms with Crippen LogP contribution in [0.4, 0.5) is 0 Å². The van der Waals surface area contributed by atoms with Gasteiger partial charge in [-0.1, -0.05) is 53.2 Å². The van der Waals surface area contributed by atoms with Crippen molar-refractivity contribution in [2.45, 2.75) is 125 Å². The SMILES string of the molecule is CC(C)=CCC[C@@H](C)[C@H]1[C@H](O)C[C@@H]2[C@]3(C)CC[C@@H]4C(C)(C)[C@@H](O)CC[C@]4(C)[C@@H]3CC[C@@]12C. The van der Waals surface area contributed by atoms with Gasteiger partial charge in [-0.2, -0.15) is 0 Å². The van der Waals surface area contributed by atoms with E-state index in [4.69, 9.17) is 0 Å². The van der Waals surface area contributed by atoms with E-state index in [2.05, 4.69) is 61.5 Å². The molecule has 10 atom stereocenters.